The molecule has 0 aromatic carbocycles. The quantitative estimate of drug-likeness (QED) is 0.852. The van der Waals surface area contributed by atoms with Crippen LogP contribution in [0, 0.1) is 5.92 Å². The Hall–Kier alpha value is -0.350. The van der Waals surface area contributed by atoms with Crippen LogP contribution in [0.3, 0.4) is 0 Å². The zero-order valence-electron chi connectivity index (χ0n) is 9.69. The fraction of sp³-hybridized carbons (Fsp3) is 0.538. The molecular formula is C13H16BrNOS. The first-order valence-electron chi connectivity index (χ1n) is 5.94. The van der Waals surface area contributed by atoms with Crippen LogP contribution in [-0.4, -0.2) is 22.3 Å². The van der Waals surface area contributed by atoms with Crippen molar-refractivity contribution in [1.29, 1.82) is 0 Å². The molecule has 2 rings (SSSR count). The van der Waals surface area contributed by atoms with E-state index in [0.29, 0.717) is 18.1 Å². The summed E-state index contributed by atoms with van der Waals surface area (Å²) in [5.74, 6) is 3.37. The van der Waals surface area contributed by atoms with E-state index in [2.05, 4.69) is 20.9 Å². The van der Waals surface area contributed by atoms with Crippen molar-refractivity contribution in [2.75, 3.05) is 11.5 Å². The van der Waals surface area contributed by atoms with E-state index in [1.807, 2.05) is 23.9 Å². The lowest BCUT2D eigenvalue weighted by atomic mass is 9.95. The monoisotopic (exact) mass is 313 g/mol. The maximum atomic E-state index is 11.9. The molecule has 17 heavy (non-hydrogen) atoms. The van der Waals surface area contributed by atoms with E-state index in [1.54, 1.807) is 6.20 Å². The summed E-state index contributed by atoms with van der Waals surface area (Å²) in [6, 6.07) is 3.85. The molecule has 4 heteroatoms. The number of thioether (sulfide) groups is 1. The Balaban J connectivity index is 1.82. The topological polar surface area (TPSA) is 30.0 Å². The number of nitrogens with zero attached hydrogens (tertiary/aromatic N) is 1. The van der Waals surface area contributed by atoms with E-state index in [0.717, 1.165) is 16.6 Å². The minimum Gasteiger partial charge on any atom is -0.299 e. The van der Waals surface area contributed by atoms with Crippen LogP contribution in [0.4, 0.5) is 0 Å². The van der Waals surface area contributed by atoms with Gasteiger partial charge in [-0.15, -0.1) is 0 Å². The van der Waals surface area contributed by atoms with Crippen LogP contribution in [0.2, 0.25) is 0 Å². The van der Waals surface area contributed by atoms with E-state index in [1.165, 1.54) is 24.3 Å². The van der Waals surface area contributed by atoms with Gasteiger partial charge in [-0.2, -0.15) is 11.8 Å². The summed E-state index contributed by atoms with van der Waals surface area (Å²) < 4.78 is 0.956. The summed E-state index contributed by atoms with van der Waals surface area (Å²) in [6.07, 6.45) is 5.36. The Morgan fingerprint density at radius 3 is 2.82 bits per heavy atom. The predicted molar refractivity (Wildman–Crippen MR) is 75.3 cm³/mol. The van der Waals surface area contributed by atoms with Gasteiger partial charge < -0.3 is 0 Å². The first kappa shape index (κ1) is 13.1. The highest BCUT2D eigenvalue weighted by molar-refractivity contribution is 9.10. The highest BCUT2D eigenvalue weighted by atomic mass is 79.9. The summed E-state index contributed by atoms with van der Waals surface area (Å²) >= 11 is 5.34. The van der Waals surface area contributed by atoms with Gasteiger partial charge in [-0.3, -0.25) is 9.78 Å². The third kappa shape index (κ3) is 4.43. The van der Waals surface area contributed by atoms with Crippen LogP contribution in [0.15, 0.2) is 22.8 Å². The number of hydrogen-bond acceptors (Lipinski definition) is 3. The Morgan fingerprint density at radius 1 is 1.41 bits per heavy atom. The largest absolute Gasteiger partial charge is 0.299 e. The number of hydrogen-bond donors (Lipinski definition) is 0. The van der Waals surface area contributed by atoms with Crippen LogP contribution in [-0.2, 0) is 11.2 Å². The van der Waals surface area contributed by atoms with Crippen molar-refractivity contribution >= 4 is 33.5 Å². The molecule has 0 saturated carbocycles. The number of halogens is 1. The molecule has 1 aromatic heterocycles. The summed E-state index contributed by atoms with van der Waals surface area (Å²) in [5, 5.41) is 0. The molecule has 92 valence electrons. The van der Waals surface area contributed by atoms with E-state index in [4.69, 9.17) is 0 Å². The summed E-state index contributed by atoms with van der Waals surface area (Å²) in [5.41, 5.74) is 0.878. The maximum absolute atomic E-state index is 11.9. The number of Topliss-reactive ketones (excluding diaryl/α,β-unsaturated/α-hetero) is 1. The lowest BCUT2D eigenvalue weighted by molar-refractivity contribution is -0.119. The lowest BCUT2D eigenvalue weighted by Crippen LogP contribution is -2.16. The van der Waals surface area contributed by atoms with Gasteiger partial charge in [0.2, 0.25) is 0 Å². The van der Waals surface area contributed by atoms with Gasteiger partial charge in [-0.25, -0.2) is 0 Å². The van der Waals surface area contributed by atoms with Gasteiger partial charge in [0.05, 0.1) is 0 Å². The molecule has 2 nitrogen and oxygen atoms in total. The van der Waals surface area contributed by atoms with Gasteiger partial charge in [-0.05, 0) is 58.3 Å². The van der Waals surface area contributed by atoms with E-state index < -0.39 is 0 Å². The van der Waals surface area contributed by atoms with Gasteiger partial charge >= 0.3 is 0 Å². The Morgan fingerprint density at radius 2 is 2.18 bits per heavy atom. The summed E-state index contributed by atoms with van der Waals surface area (Å²) in [4.78, 5) is 16.1. The molecule has 0 radical (unpaired) electrons. The van der Waals surface area contributed by atoms with Crippen LogP contribution >= 0.6 is 27.7 Å². The van der Waals surface area contributed by atoms with Crippen LogP contribution < -0.4 is 0 Å². The molecule has 0 unspecified atom stereocenters. The summed E-state index contributed by atoms with van der Waals surface area (Å²) in [6.45, 7) is 0. The van der Waals surface area contributed by atoms with Gasteiger partial charge in [0, 0.05) is 29.2 Å². The standard InChI is InChI=1S/C13H16BrNOS/c14-11-1-2-12(15-9-11)8-13(16)7-10-3-5-17-6-4-10/h1-2,9-10H,3-8H2. The number of carbonyl (C=O) groups is 1. The fourth-order valence-electron chi connectivity index (χ4n) is 2.06. The van der Waals surface area contributed by atoms with Gasteiger partial charge in [0.15, 0.2) is 0 Å². The molecule has 1 aliphatic rings. The van der Waals surface area contributed by atoms with E-state index >= 15 is 0 Å². The molecule has 0 aliphatic carbocycles. The van der Waals surface area contributed by atoms with Crippen LogP contribution in [0.1, 0.15) is 25.0 Å². The van der Waals surface area contributed by atoms with Crippen molar-refractivity contribution in [1.82, 2.24) is 4.98 Å². The van der Waals surface area contributed by atoms with Crippen molar-refractivity contribution in [3.05, 3.63) is 28.5 Å². The smallest absolute Gasteiger partial charge is 0.139 e. The van der Waals surface area contributed by atoms with Gasteiger partial charge in [-0.1, -0.05) is 0 Å². The summed E-state index contributed by atoms with van der Waals surface area (Å²) in [7, 11) is 0. The highest BCUT2D eigenvalue weighted by Crippen LogP contribution is 2.25. The maximum Gasteiger partial charge on any atom is 0.139 e. The Labute approximate surface area is 115 Å². The van der Waals surface area contributed by atoms with Crippen molar-refractivity contribution in [3.63, 3.8) is 0 Å². The SMILES string of the molecule is O=C(Cc1ccc(Br)cn1)CC1CCSCC1. The number of rotatable bonds is 4. The number of ketones is 1. The Bertz CT molecular complexity index is 374. The van der Waals surface area contributed by atoms with Gasteiger partial charge in [0.1, 0.15) is 5.78 Å². The molecule has 1 aliphatic heterocycles. The molecule has 0 atom stereocenters. The van der Waals surface area contributed by atoms with Crippen LogP contribution in [0.25, 0.3) is 0 Å². The normalized spacial score (nSPS) is 17.0. The number of pyridine rings is 1. The average Bonchev–Trinajstić information content (AvgIpc) is 2.33. The molecule has 0 spiro atoms. The second-order valence-electron chi connectivity index (χ2n) is 4.44. The number of carbonyl (C=O) groups excluding carboxylic acids is 1. The molecule has 1 aromatic rings. The second kappa shape index (κ2) is 6.55. The molecule has 0 N–H and O–H groups in total. The van der Waals surface area contributed by atoms with Crippen molar-refractivity contribution in [2.45, 2.75) is 25.7 Å². The van der Waals surface area contributed by atoms with E-state index in [-0.39, 0.29) is 0 Å². The van der Waals surface area contributed by atoms with Crippen molar-refractivity contribution < 1.29 is 4.79 Å². The molecular weight excluding hydrogens is 298 g/mol. The predicted octanol–water partition coefficient (Wildman–Crippen LogP) is 3.49. The Kier molecular flexibility index (Phi) is 5.04. The average molecular weight is 314 g/mol. The first-order valence-corrected chi connectivity index (χ1v) is 7.88. The third-order valence-electron chi connectivity index (χ3n) is 3.02. The zero-order valence-corrected chi connectivity index (χ0v) is 12.1. The minimum atomic E-state index is 0.330. The minimum absolute atomic E-state index is 0.330. The molecule has 2 heterocycles. The molecule has 0 bridgehead atoms. The van der Waals surface area contributed by atoms with Crippen LogP contribution in [0.5, 0.6) is 0 Å². The third-order valence-corrected chi connectivity index (χ3v) is 4.54. The highest BCUT2D eigenvalue weighted by Gasteiger charge is 2.17. The van der Waals surface area contributed by atoms with Crippen molar-refractivity contribution in [3.8, 4) is 0 Å². The first-order chi connectivity index (χ1) is 8.24. The molecule has 1 fully saturated rings. The zero-order chi connectivity index (χ0) is 12.1. The number of aromatic nitrogens is 1. The fourth-order valence-corrected chi connectivity index (χ4v) is 3.50. The van der Waals surface area contributed by atoms with Crippen molar-refractivity contribution in [2.24, 2.45) is 5.92 Å². The second-order valence-corrected chi connectivity index (χ2v) is 6.58. The van der Waals surface area contributed by atoms with E-state index in [9.17, 15) is 4.79 Å². The lowest BCUT2D eigenvalue weighted by Gasteiger charge is -2.20. The molecule has 0 amide bonds. The van der Waals surface area contributed by atoms with Gasteiger partial charge in [0.25, 0.3) is 0 Å². The molecule has 1 saturated heterocycles.